The Kier molecular flexibility index (Phi) is 59.7. The van der Waals surface area contributed by atoms with E-state index in [1.807, 2.05) is 6.08 Å². The lowest BCUT2D eigenvalue weighted by atomic mass is 10.0. The fourth-order valence-electron chi connectivity index (χ4n) is 10.0. The Morgan fingerprint density at radius 3 is 0.841 bits per heavy atom. The van der Waals surface area contributed by atoms with Crippen molar-refractivity contribution in [2.75, 3.05) is 6.61 Å². The molecule has 4 nitrogen and oxygen atoms in total. The SMILES string of the molecule is CCCCCCCCCCCCCCCCCCCCCCCCC/C=C/CC/C=C/CC/C=C/C(O)C(CO)NC(=O)CCCCCCCCCCCCCCCCCCCCCCCCCC. The van der Waals surface area contributed by atoms with E-state index in [0.29, 0.717) is 6.42 Å². The van der Waals surface area contributed by atoms with Crippen LogP contribution in [0.3, 0.4) is 0 Å². The zero-order valence-corrected chi connectivity index (χ0v) is 47.1. The molecule has 0 rings (SSSR count). The van der Waals surface area contributed by atoms with Gasteiger partial charge in [0, 0.05) is 6.42 Å². The average Bonchev–Trinajstić information content (AvgIpc) is 3.35. The number of hydrogen-bond donors (Lipinski definition) is 3. The summed E-state index contributed by atoms with van der Waals surface area (Å²) in [6, 6.07) is -0.645. The summed E-state index contributed by atoms with van der Waals surface area (Å²) in [5.74, 6) is -0.0709. The van der Waals surface area contributed by atoms with Crippen LogP contribution in [-0.2, 0) is 4.79 Å². The quantitative estimate of drug-likeness (QED) is 0.0420. The summed E-state index contributed by atoms with van der Waals surface area (Å²) in [4.78, 5) is 12.5. The topological polar surface area (TPSA) is 69.6 Å². The molecule has 0 bridgehead atoms. The van der Waals surface area contributed by atoms with Gasteiger partial charge in [0.05, 0.1) is 18.8 Å². The standard InChI is InChI=1S/C65H125NO3/c1-3-5-7-9-11-13-15-17-19-21-23-25-27-29-30-31-32-33-34-35-36-37-38-40-42-44-46-48-50-52-54-56-58-60-64(68)63(62-67)66-65(69)61-59-57-55-53-51-49-47-45-43-41-39-28-26-24-22-20-18-16-14-12-10-8-6-4-2/h42,44,50,52,58,60,63-64,67-68H,3-41,43,45-49,51,53-57,59,61-62H2,1-2H3,(H,66,69)/b44-42+,52-50+,60-58+. The number of nitrogens with one attached hydrogen (secondary N) is 1. The maximum Gasteiger partial charge on any atom is 0.220 e. The first-order valence-electron chi connectivity index (χ1n) is 31.7. The van der Waals surface area contributed by atoms with E-state index in [-0.39, 0.29) is 12.5 Å². The van der Waals surface area contributed by atoms with Crippen LogP contribution in [0.2, 0.25) is 0 Å². The highest BCUT2D eigenvalue weighted by molar-refractivity contribution is 5.76. The number of aliphatic hydroxyl groups is 2. The highest BCUT2D eigenvalue weighted by Crippen LogP contribution is 2.18. The van der Waals surface area contributed by atoms with Gasteiger partial charge in [-0.3, -0.25) is 4.79 Å². The fourth-order valence-corrected chi connectivity index (χ4v) is 10.0. The predicted octanol–water partition coefficient (Wildman–Crippen LogP) is 21.2. The lowest BCUT2D eigenvalue weighted by Crippen LogP contribution is -2.45. The normalized spacial score (nSPS) is 12.9. The van der Waals surface area contributed by atoms with Gasteiger partial charge in [-0.15, -0.1) is 0 Å². The van der Waals surface area contributed by atoms with Gasteiger partial charge in [0.25, 0.3) is 0 Å². The van der Waals surface area contributed by atoms with Gasteiger partial charge < -0.3 is 15.5 Å². The van der Waals surface area contributed by atoms with Gasteiger partial charge in [0.2, 0.25) is 5.91 Å². The molecule has 0 aromatic carbocycles. The molecule has 0 fully saturated rings. The van der Waals surface area contributed by atoms with Crippen molar-refractivity contribution in [1.29, 1.82) is 0 Å². The second-order valence-corrected chi connectivity index (χ2v) is 21.8. The van der Waals surface area contributed by atoms with E-state index in [4.69, 9.17) is 0 Å². The largest absolute Gasteiger partial charge is 0.394 e. The van der Waals surface area contributed by atoms with E-state index in [1.165, 1.54) is 295 Å². The number of unbranched alkanes of at least 4 members (excludes halogenated alkanes) is 48. The van der Waals surface area contributed by atoms with Crippen LogP contribution in [0.15, 0.2) is 36.5 Å². The minimum atomic E-state index is -0.870. The van der Waals surface area contributed by atoms with Crippen LogP contribution in [0.5, 0.6) is 0 Å². The third-order valence-corrected chi connectivity index (χ3v) is 14.9. The molecule has 0 aliphatic heterocycles. The van der Waals surface area contributed by atoms with Crippen molar-refractivity contribution in [2.45, 2.75) is 366 Å². The number of allylic oxidation sites excluding steroid dienone is 5. The van der Waals surface area contributed by atoms with Crippen molar-refractivity contribution in [3.63, 3.8) is 0 Å². The predicted molar refractivity (Wildman–Crippen MR) is 308 cm³/mol. The smallest absolute Gasteiger partial charge is 0.220 e. The Morgan fingerprint density at radius 2 is 0.565 bits per heavy atom. The lowest BCUT2D eigenvalue weighted by Gasteiger charge is -2.19. The first kappa shape index (κ1) is 67.6. The summed E-state index contributed by atoms with van der Waals surface area (Å²) in [6.07, 6.45) is 83.5. The summed E-state index contributed by atoms with van der Waals surface area (Å²) >= 11 is 0. The number of carbonyl (C=O) groups excluding carboxylic acids is 1. The number of hydrogen-bond acceptors (Lipinski definition) is 3. The fraction of sp³-hybridized carbons (Fsp3) is 0.892. The second-order valence-electron chi connectivity index (χ2n) is 21.8. The minimum Gasteiger partial charge on any atom is -0.394 e. The molecule has 0 aliphatic rings. The molecule has 0 heterocycles. The highest BCUT2D eigenvalue weighted by Gasteiger charge is 2.18. The van der Waals surface area contributed by atoms with Gasteiger partial charge in [-0.25, -0.2) is 0 Å². The van der Waals surface area contributed by atoms with Crippen LogP contribution in [0.1, 0.15) is 354 Å². The number of rotatable bonds is 59. The Labute approximate surface area is 433 Å². The molecule has 0 aromatic rings. The molecule has 4 heteroatoms. The molecule has 0 saturated carbocycles. The number of aliphatic hydroxyl groups excluding tert-OH is 2. The Hall–Kier alpha value is -1.39. The van der Waals surface area contributed by atoms with E-state index < -0.39 is 12.1 Å². The zero-order chi connectivity index (χ0) is 49.9. The molecular weight excluding hydrogens is 843 g/mol. The summed E-state index contributed by atoms with van der Waals surface area (Å²) in [5.41, 5.74) is 0. The van der Waals surface area contributed by atoms with Gasteiger partial charge in [0.15, 0.2) is 0 Å². The summed E-state index contributed by atoms with van der Waals surface area (Å²) in [5, 5.41) is 23.2. The molecule has 0 spiro atoms. The highest BCUT2D eigenvalue weighted by atomic mass is 16.3. The molecule has 2 atom stereocenters. The third-order valence-electron chi connectivity index (χ3n) is 14.9. The van der Waals surface area contributed by atoms with Gasteiger partial charge in [-0.05, 0) is 44.9 Å². The van der Waals surface area contributed by atoms with Crippen molar-refractivity contribution < 1.29 is 15.0 Å². The van der Waals surface area contributed by atoms with Crippen LogP contribution >= 0.6 is 0 Å². The summed E-state index contributed by atoms with van der Waals surface area (Å²) in [7, 11) is 0. The van der Waals surface area contributed by atoms with E-state index in [9.17, 15) is 15.0 Å². The Balaban J connectivity index is 3.49. The van der Waals surface area contributed by atoms with Crippen molar-refractivity contribution in [1.82, 2.24) is 5.32 Å². The molecule has 3 N–H and O–H groups in total. The molecular formula is C65H125NO3. The average molecular weight is 969 g/mol. The van der Waals surface area contributed by atoms with Crippen LogP contribution in [0.4, 0.5) is 0 Å². The van der Waals surface area contributed by atoms with Crippen molar-refractivity contribution in [2.24, 2.45) is 0 Å². The van der Waals surface area contributed by atoms with Gasteiger partial charge in [-0.1, -0.05) is 339 Å². The molecule has 0 aliphatic carbocycles. The van der Waals surface area contributed by atoms with Crippen LogP contribution in [0.25, 0.3) is 0 Å². The minimum absolute atomic E-state index is 0.0709. The van der Waals surface area contributed by atoms with Crippen molar-refractivity contribution in [3.8, 4) is 0 Å². The third kappa shape index (κ3) is 57.4. The molecule has 0 saturated heterocycles. The van der Waals surface area contributed by atoms with E-state index >= 15 is 0 Å². The van der Waals surface area contributed by atoms with Crippen LogP contribution < -0.4 is 5.32 Å². The molecule has 2 unspecified atom stereocenters. The summed E-state index contributed by atoms with van der Waals surface area (Å²) in [6.45, 7) is 4.34. The van der Waals surface area contributed by atoms with Gasteiger partial charge >= 0.3 is 0 Å². The Morgan fingerprint density at radius 1 is 0.333 bits per heavy atom. The van der Waals surface area contributed by atoms with E-state index in [1.54, 1.807) is 6.08 Å². The monoisotopic (exact) mass is 968 g/mol. The van der Waals surface area contributed by atoms with E-state index in [0.717, 1.165) is 38.5 Å². The van der Waals surface area contributed by atoms with Crippen molar-refractivity contribution in [3.05, 3.63) is 36.5 Å². The van der Waals surface area contributed by atoms with Crippen LogP contribution in [-0.4, -0.2) is 34.9 Å². The molecule has 69 heavy (non-hydrogen) atoms. The number of amides is 1. The van der Waals surface area contributed by atoms with Crippen molar-refractivity contribution >= 4 is 5.91 Å². The van der Waals surface area contributed by atoms with E-state index in [2.05, 4.69) is 43.5 Å². The Bertz CT molecular complexity index is 1050. The van der Waals surface area contributed by atoms with Gasteiger partial charge in [0.1, 0.15) is 0 Å². The molecule has 1 amide bonds. The lowest BCUT2D eigenvalue weighted by molar-refractivity contribution is -0.123. The maximum atomic E-state index is 12.5. The first-order valence-corrected chi connectivity index (χ1v) is 31.7. The molecule has 0 radical (unpaired) electrons. The molecule has 408 valence electrons. The zero-order valence-electron chi connectivity index (χ0n) is 47.1. The maximum absolute atomic E-state index is 12.5. The van der Waals surface area contributed by atoms with Gasteiger partial charge in [-0.2, -0.15) is 0 Å². The van der Waals surface area contributed by atoms with Crippen LogP contribution in [0, 0.1) is 0 Å². The second kappa shape index (κ2) is 60.9. The summed E-state index contributed by atoms with van der Waals surface area (Å²) < 4.78 is 0. The molecule has 0 aromatic heterocycles. The number of carbonyl (C=O) groups is 1. The first-order chi connectivity index (χ1) is 34.2.